The lowest BCUT2D eigenvalue weighted by molar-refractivity contribution is -0.119. The standard InChI is InChI=1S/C11H15N7O/c12-17-8-6-18-4-3-13-11(18)10(16-8)14-5-9(19)15-7-1-2-7/h3-4,6-7,17H,1-2,5,12H2,(H,14,16)(H,15,19). The number of nitrogens with two attached hydrogens (primary N) is 1. The van der Waals surface area contributed by atoms with Crippen LogP contribution in [-0.4, -0.2) is 32.9 Å². The number of fused-ring (bicyclic) bond motifs is 1. The summed E-state index contributed by atoms with van der Waals surface area (Å²) in [5.41, 5.74) is 3.13. The van der Waals surface area contributed by atoms with Gasteiger partial charge in [0.2, 0.25) is 5.91 Å². The second kappa shape index (κ2) is 4.73. The molecule has 0 aromatic carbocycles. The molecule has 0 atom stereocenters. The number of nitrogens with zero attached hydrogens (tertiary/aromatic N) is 3. The average molecular weight is 261 g/mol. The van der Waals surface area contributed by atoms with Crippen molar-refractivity contribution >= 4 is 23.2 Å². The summed E-state index contributed by atoms with van der Waals surface area (Å²) in [7, 11) is 0. The van der Waals surface area contributed by atoms with Gasteiger partial charge in [0.15, 0.2) is 17.3 Å². The molecular weight excluding hydrogens is 246 g/mol. The predicted molar refractivity (Wildman–Crippen MR) is 70.5 cm³/mol. The molecule has 3 rings (SSSR count). The van der Waals surface area contributed by atoms with Crippen LogP contribution < -0.4 is 21.9 Å². The van der Waals surface area contributed by atoms with E-state index in [0.29, 0.717) is 23.3 Å². The van der Waals surface area contributed by atoms with Crippen LogP contribution in [0.15, 0.2) is 18.6 Å². The largest absolute Gasteiger partial charge is 0.358 e. The van der Waals surface area contributed by atoms with E-state index in [9.17, 15) is 4.79 Å². The maximum Gasteiger partial charge on any atom is 0.239 e. The second-order valence-corrected chi connectivity index (χ2v) is 4.47. The van der Waals surface area contributed by atoms with Gasteiger partial charge in [-0.3, -0.25) is 4.79 Å². The maximum absolute atomic E-state index is 11.6. The summed E-state index contributed by atoms with van der Waals surface area (Å²) < 4.78 is 1.78. The second-order valence-electron chi connectivity index (χ2n) is 4.47. The Hall–Kier alpha value is -2.35. The summed E-state index contributed by atoms with van der Waals surface area (Å²) in [4.78, 5) is 20.1. The van der Waals surface area contributed by atoms with Gasteiger partial charge in [0.25, 0.3) is 0 Å². The highest BCUT2D eigenvalue weighted by Gasteiger charge is 2.23. The number of carbonyl (C=O) groups is 1. The zero-order valence-electron chi connectivity index (χ0n) is 10.3. The molecule has 1 fully saturated rings. The lowest BCUT2D eigenvalue weighted by atomic mass is 10.5. The molecule has 2 aromatic rings. The van der Waals surface area contributed by atoms with Gasteiger partial charge in [0, 0.05) is 18.4 Å². The Labute approximate surface area is 109 Å². The van der Waals surface area contributed by atoms with Crippen molar-refractivity contribution in [1.82, 2.24) is 19.7 Å². The van der Waals surface area contributed by atoms with Crippen LogP contribution in [0, 0.1) is 0 Å². The molecule has 5 N–H and O–H groups in total. The topological polar surface area (TPSA) is 109 Å². The number of rotatable bonds is 5. The maximum atomic E-state index is 11.6. The van der Waals surface area contributed by atoms with Gasteiger partial charge >= 0.3 is 0 Å². The molecular formula is C11H15N7O. The molecule has 1 amide bonds. The zero-order chi connectivity index (χ0) is 13.2. The van der Waals surface area contributed by atoms with Gasteiger partial charge < -0.3 is 20.5 Å². The fourth-order valence-corrected chi connectivity index (χ4v) is 1.79. The minimum absolute atomic E-state index is 0.0416. The fourth-order valence-electron chi connectivity index (χ4n) is 1.79. The molecule has 1 aliphatic rings. The smallest absolute Gasteiger partial charge is 0.239 e. The van der Waals surface area contributed by atoms with Gasteiger partial charge in [-0.05, 0) is 12.8 Å². The number of hydrogen-bond acceptors (Lipinski definition) is 6. The molecule has 1 aliphatic carbocycles. The van der Waals surface area contributed by atoms with Crippen LogP contribution >= 0.6 is 0 Å². The molecule has 0 saturated heterocycles. The minimum Gasteiger partial charge on any atom is -0.358 e. The summed E-state index contributed by atoms with van der Waals surface area (Å²) in [5.74, 6) is 6.33. The highest BCUT2D eigenvalue weighted by molar-refractivity contribution is 5.82. The first kappa shape index (κ1) is 11.7. The van der Waals surface area contributed by atoms with Crippen LogP contribution in [0.2, 0.25) is 0 Å². The number of hydrogen-bond donors (Lipinski definition) is 4. The van der Waals surface area contributed by atoms with Crippen LogP contribution in [0.5, 0.6) is 0 Å². The first-order valence-electron chi connectivity index (χ1n) is 6.10. The summed E-state index contributed by atoms with van der Waals surface area (Å²) in [6.45, 7) is 0.167. The van der Waals surface area contributed by atoms with Crippen molar-refractivity contribution < 1.29 is 4.79 Å². The lowest BCUT2D eigenvalue weighted by Crippen LogP contribution is -2.31. The van der Waals surface area contributed by atoms with E-state index >= 15 is 0 Å². The Kier molecular flexibility index (Phi) is 2.92. The summed E-state index contributed by atoms with van der Waals surface area (Å²) in [5, 5.41) is 5.88. The van der Waals surface area contributed by atoms with Crippen molar-refractivity contribution in [3.05, 3.63) is 18.6 Å². The number of imidazole rings is 1. The molecule has 8 heteroatoms. The van der Waals surface area contributed by atoms with Crippen molar-refractivity contribution in [2.45, 2.75) is 18.9 Å². The Morgan fingerprint density at radius 3 is 3.11 bits per heavy atom. The monoisotopic (exact) mass is 261 g/mol. The van der Waals surface area contributed by atoms with Gasteiger partial charge in [-0.2, -0.15) is 0 Å². The first-order valence-corrected chi connectivity index (χ1v) is 6.10. The van der Waals surface area contributed by atoms with E-state index in [-0.39, 0.29) is 12.5 Å². The third-order valence-corrected chi connectivity index (χ3v) is 2.88. The Balaban J connectivity index is 1.74. The molecule has 19 heavy (non-hydrogen) atoms. The van der Waals surface area contributed by atoms with E-state index in [0.717, 1.165) is 12.8 Å². The van der Waals surface area contributed by atoms with E-state index in [4.69, 9.17) is 5.84 Å². The molecule has 1 saturated carbocycles. The van der Waals surface area contributed by atoms with Gasteiger partial charge in [-0.1, -0.05) is 0 Å². The summed E-state index contributed by atoms with van der Waals surface area (Å²) in [6, 6.07) is 0.353. The van der Waals surface area contributed by atoms with E-state index in [1.165, 1.54) is 0 Å². The number of carbonyl (C=O) groups excluding carboxylic acids is 1. The number of anilines is 2. The number of hydrazine groups is 1. The number of amides is 1. The van der Waals surface area contributed by atoms with Crippen LogP contribution in [0.25, 0.3) is 5.65 Å². The van der Waals surface area contributed by atoms with Crippen molar-refractivity contribution in [2.75, 3.05) is 17.3 Å². The summed E-state index contributed by atoms with van der Waals surface area (Å²) in [6.07, 6.45) is 7.31. The molecule has 0 aliphatic heterocycles. The van der Waals surface area contributed by atoms with E-state index < -0.39 is 0 Å². The Bertz CT molecular complexity index is 604. The highest BCUT2D eigenvalue weighted by atomic mass is 16.2. The molecule has 8 nitrogen and oxygen atoms in total. The van der Waals surface area contributed by atoms with Gasteiger partial charge in [0.1, 0.15) is 0 Å². The van der Waals surface area contributed by atoms with Crippen molar-refractivity contribution in [3.63, 3.8) is 0 Å². The van der Waals surface area contributed by atoms with Crippen LogP contribution in [0.3, 0.4) is 0 Å². The van der Waals surface area contributed by atoms with E-state index in [1.54, 1.807) is 23.0 Å². The average Bonchev–Trinajstić information content (AvgIpc) is 3.09. The Morgan fingerprint density at radius 1 is 1.53 bits per heavy atom. The molecule has 2 heterocycles. The number of nitrogen functional groups attached to an aromatic ring is 1. The first-order chi connectivity index (χ1) is 9.26. The Morgan fingerprint density at radius 2 is 2.37 bits per heavy atom. The SMILES string of the molecule is NNc1cn2ccnc2c(NCC(=O)NC2CC2)n1. The van der Waals surface area contributed by atoms with E-state index in [2.05, 4.69) is 26.0 Å². The van der Waals surface area contributed by atoms with Gasteiger partial charge in [0.05, 0.1) is 12.7 Å². The van der Waals surface area contributed by atoms with Crippen molar-refractivity contribution in [3.8, 4) is 0 Å². The molecule has 100 valence electrons. The van der Waals surface area contributed by atoms with Crippen molar-refractivity contribution in [1.29, 1.82) is 0 Å². The molecule has 0 unspecified atom stereocenters. The molecule has 0 spiro atoms. The van der Waals surface area contributed by atoms with E-state index in [1.807, 2.05) is 0 Å². The van der Waals surface area contributed by atoms with Gasteiger partial charge in [-0.15, -0.1) is 0 Å². The van der Waals surface area contributed by atoms with Gasteiger partial charge in [-0.25, -0.2) is 15.8 Å². The fraction of sp³-hybridized carbons (Fsp3) is 0.364. The van der Waals surface area contributed by atoms with Crippen LogP contribution in [-0.2, 0) is 4.79 Å². The molecule has 0 bridgehead atoms. The molecule has 0 radical (unpaired) electrons. The third-order valence-electron chi connectivity index (χ3n) is 2.88. The minimum atomic E-state index is -0.0416. The van der Waals surface area contributed by atoms with Crippen LogP contribution in [0.1, 0.15) is 12.8 Å². The third kappa shape index (κ3) is 2.58. The van der Waals surface area contributed by atoms with Crippen LogP contribution in [0.4, 0.5) is 11.6 Å². The van der Waals surface area contributed by atoms with Crippen molar-refractivity contribution in [2.24, 2.45) is 5.84 Å². The summed E-state index contributed by atoms with van der Waals surface area (Å²) >= 11 is 0. The zero-order valence-corrected chi connectivity index (χ0v) is 10.3. The lowest BCUT2D eigenvalue weighted by Gasteiger charge is -2.09. The predicted octanol–water partition coefficient (Wildman–Crippen LogP) is -0.295. The quantitative estimate of drug-likeness (QED) is 0.435. The normalized spacial score (nSPS) is 14.4. The highest BCUT2D eigenvalue weighted by Crippen LogP contribution is 2.18. The molecule has 2 aromatic heterocycles. The number of nitrogens with one attached hydrogen (secondary N) is 3. The number of aromatic nitrogens is 3.